The van der Waals surface area contributed by atoms with Gasteiger partial charge in [-0.25, -0.2) is 0 Å². The zero-order valence-electron chi connectivity index (χ0n) is 7.95. The van der Waals surface area contributed by atoms with Crippen LogP contribution in [0.25, 0.3) is 0 Å². The van der Waals surface area contributed by atoms with Crippen molar-refractivity contribution in [2.45, 2.75) is 19.4 Å². The lowest BCUT2D eigenvalue weighted by Gasteiger charge is -2.31. The number of nitrogens with zero attached hydrogens (tertiary/aromatic N) is 1. The van der Waals surface area contributed by atoms with Gasteiger partial charge in [0.15, 0.2) is 0 Å². The molecule has 3 amide bonds. The smallest absolute Gasteiger partial charge is 0.249 e. The third-order valence-corrected chi connectivity index (χ3v) is 2.10. The lowest BCUT2D eigenvalue weighted by atomic mass is 10.2. The first kappa shape index (κ1) is 10.6. The molecule has 6 nitrogen and oxygen atoms in total. The minimum Gasteiger partial charge on any atom is -0.330 e. The molecule has 0 bridgehead atoms. The van der Waals surface area contributed by atoms with Gasteiger partial charge in [0.25, 0.3) is 0 Å². The molecule has 1 unspecified atom stereocenters. The van der Waals surface area contributed by atoms with Crippen molar-refractivity contribution >= 4 is 17.7 Å². The first-order valence-electron chi connectivity index (χ1n) is 4.39. The van der Waals surface area contributed by atoms with Crippen LogP contribution in [0.4, 0.5) is 0 Å². The molecule has 0 aromatic heterocycles. The molecule has 0 spiro atoms. The third kappa shape index (κ3) is 2.08. The van der Waals surface area contributed by atoms with Crippen molar-refractivity contribution < 1.29 is 14.4 Å². The van der Waals surface area contributed by atoms with E-state index in [-0.39, 0.29) is 25.4 Å². The average Bonchev–Trinajstić information content (AvgIpc) is 2.11. The van der Waals surface area contributed by atoms with Crippen LogP contribution < -0.4 is 11.1 Å². The van der Waals surface area contributed by atoms with Crippen molar-refractivity contribution in [2.75, 3.05) is 13.1 Å². The maximum absolute atomic E-state index is 11.4. The van der Waals surface area contributed by atoms with Gasteiger partial charge in [0.05, 0.1) is 0 Å². The van der Waals surface area contributed by atoms with Crippen molar-refractivity contribution in [3.63, 3.8) is 0 Å². The Morgan fingerprint density at radius 1 is 1.64 bits per heavy atom. The third-order valence-electron chi connectivity index (χ3n) is 2.10. The van der Waals surface area contributed by atoms with E-state index in [1.54, 1.807) is 6.92 Å². The SMILES string of the molecule is CC1C(=O)NC(=O)CN1C(=O)CCN. The number of carbonyl (C=O) groups excluding carboxylic acids is 3. The Morgan fingerprint density at radius 2 is 2.29 bits per heavy atom. The van der Waals surface area contributed by atoms with E-state index in [1.807, 2.05) is 0 Å². The summed E-state index contributed by atoms with van der Waals surface area (Å²) in [5, 5.41) is 2.15. The summed E-state index contributed by atoms with van der Waals surface area (Å²) in [7, 11) is 0. The van der Waals surface area contributed by atoms with Gasteiger partial charge in [-0.15, -0.1) is 0 Å². The molecule has 0 radical (unpaired) electrons. The van der Waals surface area contributed by atoms with Gasteiger partial charge in [0.1, 0.15) is 12.6 Å². The van der Waals surface area contributed by atoms with Crippen molar-refractivity contribution in [2.24, 2.45) is 5.73 Å². The van der Waals surface area contributed by atoms with Crippen LogP contribution in [0.2, 0.25) is 0 Å². The predicted octanol–water partition coefficient (Wildman–Crippen LogP) is -1.79. The first-order valence-corrected chi connectivity index (χ1v) is 4.39. The largest absolute Gasteiger partial charge is 0.330 e. The Morgan fingerprint density at radius 3 is 2.86 bits per heavy atom. The van der Waals surface area contributed by atoms with E-state index in [0.29, 0.717) is 0 Å². The van der Waals surface area contributed by atoms with Crippen molar-refractivity contribution in [1.29, 1.82) is 0 Å². The summed E-state index contributed by atoms with van der Waals surface area (Å²) in [6.45, 7) is 1.74. The number of amides is 3. The Bertz CT molecular complexity index is 277. The normalized spacial score (nSPS) is 22.1. The van der Waals surface area contributed by atoms with E-state index in [0.717, 1.165) is 0 Å². The van der Waals surface area contributed by atoms with Crippen LogP contribution in [-0.4, -0.2) is 41.8 Å². The van der Waals surface area contributed by atoms with Crippen molar-refractivity contribution in [3.05, 3.63) is 0 Å². The number of piperazine rings is 1. The second-order valence-corrected chi connectivity index (χ2v) is 3.15. The Labute approximate surface area is 81.4 Å². The van der Waals surface area contributed by atoms with Gasteiger partial charge < -0.3 is 10.6 Å². The molecule has 14 heavy (non-hydrogen) atoms. The molecule has 1 fully saturated rings. The van der Waals surface area contributed by atoms with Crippen LogP contribution >= 0.6 is 0 Å². The van der Waals surface area contributed by atoms with Gasteiger partial charge in [-0.1, -0.05) is 0 Å². The van der Waals surface area contributed by atoms with Gasteiger partial charge in [-0.05, 0) is 6.92 Å². The zero-order chi connectivity index (χ0) is 10.7. The van der Waals surface area contributed by atoms with E-state index in [4.69, 9.17) is 5.73 Å². The molecule has 1 saturated heterocycles. The minimum absolute atomic E-state index is 0.0638. The lowest BCUT2D eigenvalue weighted by Crippen LogP contribution is -2.58. The molecule has 0 saturated carbocycles. The first-order chi connectivity index (χ1) is 6.56. The van der Waals surface area contributed by atoms with Crippen LogP contribution in [0, 0.1) is 0 Å². The molecule has 3 N–H and O–H groups in total. The summed E-state index contributed by atoms with van der Waals surface area (Å²) >= 11 is 0. The average molecular weight is 199 g/mol. The van der Waals surface area contributed by atoms with Gasteiger partial charge in [-0.2, -0.15) is 0 Å². The Hall–Kier alpha value is -1.43. The molecular weight excluding hydrogens is 186 g/mol. The van der Waals surface area contributed by atoms with Gasteiger partial charge in [-0.3, -0.25) is 19.7 Å². The van der Waals surface area contributed by atoms with Crippen LogP contribution in [0.5, 0.6) is 0 Å². The fraction of sp³-hybridized carbons (Fsp3) is 0.625. The molecule has 0 aliphatic carbocycles. The predicted molar refractivity (Wildman–Crippen MR) is 48.0 cm³/mol. The van der Waals surface area contributed by atoms with Crippen molar-refractivity contribution in [3.8, 4) is 0 Å². The number of carbonyl (C=O) groups is 3. The summed E-state index contributed by atoms with van der Waals surface area (Å²) in [6, 6.07) is -0.591. The van der Waals surface area contributed by atoms with E-state index >= 15 is 0 Å². The molecule has 1 atom stereocenters. The highest BCUT2D eigenvalue weighted by molar-refractivity contribution is 6.04. The second kappa shape index (κ2) is 4.19. The molecule has 6 heteroatoms. The van der Waals surface area contributed by atoms with E-state index in [2.05, 4.69) is 5.32 Å². The fourth-order valence-electron chi connectivity index (χ4n) is 1.29. The highest BCUT2D eigenvalue weighted by atomic mass is 16.2. The van der Waals surface area contributed by atoms with Crippen LogP contribution in [0.1, 0.15) is 13.3 Å². The topological polar surface area (TPSA) is 92.5 Å². The molecule has 1 rings (SSSR count). The lowest BCUT2D eigenvalue weighted by molar-refractivity contribution is -0.149. The maximum Gasteiger partial charge on any atom is 0.249 e. The molecule has 0 aromatic carbocycles. The highest BCUT2D eigenvalue weighted by Crippen LogP contribution is 2.06. The Balaban J connectivity index is 2.71. The fourth-order valence-corrected chi connectivity index (χ4v) is 1.29. The number of nitrogens with two attached hydrogens (primary N) is 1. The summed E-state index contributed by atoms with van der Waals surface area (Å²) < 4.78 is 0. The van der Waals surface area contributed by atoms with Crippen LogP contribution in [-0.2, 0) is 14.4 Å². The molecule has 1 aliphatic rings. The highest BCUT2D eigenvalue weighted by Gasteiger charge is 2.32. The van der Waals surface area contributed by atoms with E-state index in [9.17, 15) is 14.4 Å². The molecule has 1 heterocycles. The van der Waals surface area contributed by atoms with Crippen LogP contribution in [0.3, 0.4) is 0 Å². The van der Waals surface area contributed by atoms with Crippen LogP contribution in [0.15, 0.2) is 0 Å². The molecule has 1 aliphatic heterocycles. The van der Waals surface area contributed by atoms with Gasteiger partial charge in [0.2, 0.25) is 17.7 Å². The number of hydrogen-bond acceptors (Lipinski definition) is 4. The van der Waals surface area contributed by atoms with Gasteiger partial charge in [0, 0.05) is 13.0 Å². The van der Waals surface area contributed by atoms with E-state index < -0.39 is 17.9 Å². The Kier molecular flexibility index (Phi) is 3.19. The number of imide groups is 1. The minimum atomic E-state index is -0.591. The standard InChI is InChI=1S/C8H13N3O3/c1-5-8(14)10-6(12)4-11(5)7(13)2-3-9/h5H,2-4,9H2,1H3,(H,10,12,14). The number of rotatable bonds is 2. The quantitative estimate of drug-likeness (QED) is 0.514. The van der Waals surface area contributed by atoms with E-state index in [1.165, 1.54) is 4.90 Å². The molecule has 78 valence electrons. The summed E-state index contributed by atoms with van der Waals surface area (Å²) in [6.07, 6.45) is 0.158. The second-order valence-electron chi connectivity index (χ2n) is 3.15. The molecular formula is C8H13N3O3. The summed E-state index contributed by atoms with van der Waals surface area (Å²) in [5.41, 5.74) is 5.22. The number of nitrogens with one attached hydrogen (secondary N) is 1. The van der Waals surface area contributed by atoms with Gasteiger partial charge >= 0.3 is 0 Å². The van der Waals surface area contributed by atoms with Crippen molar-refractivity contribution in [1.82, 2.24) is 10.2 Å². The zero-order valence-corrected chi connectivity index (χ0v) is 7.95. The molecule has 0 aromatic rings. The monoisotopic (exact) mass is 199 g/mol. The maximum atomic E-state index is 11.4. The summed E-state index contributed by atoms with van der Waals surface area (Å²) in [4.78, 5) is 34.8. The summed E-state index contributed by atoms with van der Waals surface area (Å²) in [5.74, 6) is -1.15. The number of hydrogen-bond donors (Lipinski definition) is 2.